The van der Waals surface area contributed by atoms with E-state index in [0.29, 0.717) is 17.9 Å². The highest BCUT2D eigenvalue weighted by atomic mass is 32.2. The number of benzene rings is 1. The molecule has 0 saturated carbocycles. The van der Waals surface area contributed by atoms with Gasteiger partial charge in [-0.2, -0.15) is 0 Å². The predicted octanol–water partition coefficient (Wildman–Crippen LogP) is 1.60. The monoisotopic (exact) mass is 271 g/mol. The molecular formula is C13H21NO3S. The lowest BCUT2D eigenvalue weighted by Crippen LogP contribution is -2.29. The van der Waals surface area contributed by atoms with E-state index in [1.807, 2.05) is 26.8 Å². The summed E-state index contributed by atoms with van der Waals surface area (Å²) in [6, 6.07) is 5.26. The lowest BCUT2D eigenvalue weighted by Gasteiger charge is -2.12. The largest absolute Gasteiger partial charge is 0.396 e. The minimum Gasteiger partial charge on any atom is -0.396 e. The van der Waals surface area contributed by atoms with Gasteiger partial charge >= 0.3 is 0 Å². The molecule has 0 aliphatic rings. The van der Waals surface area contributed by atoms with E-state index in [-0.39, 0.29) is 12.5 Å². The van der Waals surface area contributed by atoms with E-state index in [2.05, 4.69) is 4.72 Å². The van der Waals surface area contributed by atoms with Gasteiger partial charge in [0.05, 0.1) is 4.90 Å². The van der Waals surface area contributed by atoms with Gasteiger partial charge in [-0.05, 0) is 49.4 Å². The normalized spacial score (nSPS) is 13.6. The molecule has 1 aromatic rings. The topological polar surface area (TPSA) is 66.4 Å². The van der Waals surface area contributed by atoms with Crippen molar-refractivity contribution < 1.29 is 13.5 Å². The molecule has 102 valence electrons. The van der Waals surface area contributed by atoms with Crippen LogP contribution in [-0.4, -0.2) is 26.7 Å². The van der Waals surface area contributed by atoms with Crippen molar-refractivity contribution in [2.45, 2.75) is 32.1 Å². The quantitative estimate of drug-likeness (QED) is 0.826. The molecule has 18 heavy (non-hydrogen) atoms. The maximum absolute atomic E-state index is 12.1. The first-order valence-corrected chi connectivity index (χ1v) is 7.52. The van der Waals surface area contributed by atoms with Gasteiger partial charge < -0.3 is 5.11 Å². The van der Waals surface area contributed by atoms with Gasteiger partial charge in [0, 0.05) is 13.2 Å². The van der Waals surface area contributed by atoms with Crippen LogP contribution < -0.4 is 4.72 Å². The molecule has 0 aromatic heterocycles. The average molecular weight is 271 g/mol. The zero-order valence-electron chi connectivity index (χ0n) is 11.1. The van der Waals surface area contributed by atoms with Crippen LogP contribution in [0.1, 0.15) is 24.5 Å². The van der Waals surface area contributed by atoms with E-state index >= 15 is 0 Å². The molecule has 0 bridgehead atoms. The average Bonchev–Trinajstić information content (AvgIpc) is 2.26. The molecule has 0 amide bonds. The summed E-state index contributed by atoms with van der Waals surface area (Å²) < 4.78 is 26.7. The zero-order chi connectivity index (χ0) is 13.8. The highest BCUT2D eigenvalue weighted by molar-refractivity contribution is 7.89. The molecule has 0 aliphatic heterocycles. The summed E-state index contributed by atoms with van der Waals surface area (Å²) in [6.45, 7) is 6.07. The second-order valence-corrected chi connectivity index (χ2v) is 6.56. The van der Waals surface area contributed by atoms with Crippen molar-refractivity contribution in [3.05, 3.63) is 29.3 Å². The highest BCUT2D eigenvalue weighted by Gasteiger charge is 2.15. The van der Waals surface area contributed by atoms with Crippen molar-refractivity contribution in [1.29, 1.82) is 0 Å². The molecule has 0 fully saturated rings. The van der Waals surface area contributed by atoms with Crippen molar-refractivity contribution in [3.8, 4) is 0 Å². The van der Waals surface area contributed by atoms with Crippen LogP contribution in [0.25, 0.3) is 0 Å². The predicted molar refractivity (Wildman–Crippen MR) is 72.0 cm³/mol. The van der Waals surface area contributed by atoms with Crippen molar-refractivity contribution in [2.75, 3.05) is 13.2 Å². The summed E-state index contributed by atoms with van der Waals surface area (Å²) in [5, 5.41) is 8.78. The molecule has 0 spiro atoms. The van der Waals surface area contributed by atoms with E-state index in [9.17, 15) is 8.42 Å². The fourth-order valence-electron chi connectivity index (χ4n) is 1.75. The number of aryl methyl sites for hydroxylation is 2. The van der Waals surface area contributed by atoms with Crippen LogP contribution in [0.2, 0.25) is 0 Å². The Hall–Kier alpha value is -0.910. The Bertz CT molecular complexity index is 477. The Morgan fingerprint density at radius 2 is 1.78 bits per heavy atom. The number of rotatable bonds is 6. The van der Waals surface area contributed by atoms with Gasteiger partial charge in [-0.3, -0.25) is 0 Å². The molecule has 1 unspecified atom stereocenters. The summed E-state index contributed by atoms with van der Waals surface area (Å²) in [5.74, 6) is 0.121. The molecule has 4 nitrogen and oxygen atoms in total. The summed E-state index contributed by atoms with van der Waals surface area (Å²) in [6.07, 6.45) is 0.593. The summed E-state index contributed by atoms with van der Waals surface area (Å²) in [5.41, 5.74) is 1.86. The van der Waals surface area contributed by atoms with E-state index in [4.69, 9.17) is 5.11 Å². The van der Waals surface area contributed by atoms with Gasteiger partial charge in [-0.15, -0.1) is 0 Å². The summed E-state index contributed by atoms with van der Waals surface area (Å²) in [7, 11) is -3.45. The van der Waals surface area contributed by atoms with E-state index in [1.165, 1.54) is 0 Å². The molecule has 5 heteroatoms. The maximum Gasteiger partial charge on any atom is 0.240 e. The summed E-state index contributed by atoms with van der Waals surface area (Å²) >= 11 is 0. The maximum atomic E-state index is 12.1. The van der Waals surface area contributed by atoms with Gasteiger partial charge in [0.2, 0.25) is 10.0 Å². The van der Waals surface area contributed by atoms with E-state index in [0.717, 1.165) is 11.1 Å². The van der Waals surface area contributed by atoms with Crippen molar-refractivity contribution in [3.63, 3.8) is 0 Å². The molecule has 2 N–H and O–H groups in total. The third-order valence-electron chi connectivity index (χ3n) is 2.75. The highest BCUT2D eigenvalue weighted by Crippen LogP contribution is 2.14. The van der Waals surface area contributed by atoms with Crippen LogP contribution in [0, 0.1) is 19.8 Å². The van der Waals surface area contributed by atoms with Crippen LogP contribution in [0.4, 0.5) is 0 Å². The van der Waals surface area contributed by atoms with Crippen LogP contribution in [0.15, 0.2) is 23.1 Å². The Balaban J connectivity index is 2.80. The van der Waals surface area contributed by atoms with Crippen molar-refractivity contribution >= 4 is 10.0 Å². The fraction of sp³-hybridized carbons (Fsp3) is 0.538. The third-order valence-corrected chi connectivity index (χ3v) is 4.15. The molecule has 1 atom stereocenters. The molecule has 0 heterocycles. The minimum atomic E-state index is -3.45. The number of nitrogens with one attached hydrogen (secondary N) is 1. The number of aliphatic hydroxyl groups is 1. The Labute approximate surface area is 109 Å². The first-order valence-electron chi connectivity index (χ1n) is 6.04. The van der Waals surface area contributed by atoms with Gasteiger partial charge in [-0.25, -0.2) is 13.1 Å². The first-order chi connectivity index (χ1) is 8.35. The van der Waals surface area contributed by atoms with Crippen molar-refractivity contribution in [1.82, 2.24) is 4.72 Å². The first kappa shape index (κ1) is 15.1. The standard InChI is InChI=1S/C13H21NO3S/c1-10(4-5-15)9-14-18(16,17)13-7-11(2)6-12(3)8-13/h6-8,10,14-15H,4-5,9H2,1-3H3. The molecule has 1 rings (SSSR count). The number of hydrogen-bond acceptors (Lipinski definition) is 3. The van der Waals surface area contributed by atoms with Gasteiger partial charge in [-0.1, -0.05) is 13.0 Å². The van der Waals surface area contributed by atoms with Gasteiger partial charge in [0.15, 0.2) is 0 Å². The third kappa shape index (κ3) is 4.40. The molecule has 1 aromatic carbocycles. The van der Waals surface area contributed by atoms with Gasteiger partial charge in [0.1, 0.15) is 0 Å². The molecule has 0 radical (unpaired) electrons. The Kier molecular flexibility index (Phi) is 5.31. The van der Waals surface area contributed by atoms with Crippen LogP contribution in [-0.2, 0) is 10.0 Å². The minimum absolute atomic E-state index is 0.0758. The lowest BCUT2D eigenvalue weighted by molar-refractivity contribution is 0.263. The smallest absolute Gasteiger partial charge is 0.240 e. The van der Waals surface area contributed by atoms with E-state index in [1.54, 1.807) is 12.1 Å². The lowest BCUT2D eigenvalue weighted by atomic mass is 10.1. The Morgan fingerprint density at radius 1 is 1.22 bits per heavy atom. The second-order valence-electron chi connectivity index (χ2n) is 4.79. The SMILES string of the molecule is Cc1cc(C)cc(S(=O)(=O)NCC(C)CCO)c1. The fourth-order valence-corrected chi connectivity index (χ4v) is 3.10. The van der Waals surface area contributed by atoms with E-state index < -0.39 is 10.0 Å². The zero-order valence-corrected chi connectivity index (χ0v) is 11.9. The van der Waals surface area contributed by atoms with Gasteiger partial charge in [0.25, 0.3) is 0 Å². The number of aliphatic hydroxyl groups excluding tert-OH is 1. The Morgan fingerprint density at radius 3 is 2.28 bits per heavy atom. The van der Waals surface area contributed by atoms with Crippen LogP contribution >= 0.6 is 0 Å². The number of sulfonamides is 1. The molecular weight excluding hydrogens is 250 g/mol. The summed E-state index contributed by atoms with van der Waals surface area (Å²) in [4.78, 5) is 0.302. The van der Waals surface area contributed by atoms with Crippen molar-refractivity contribution in [2.24, 2.45) is 5.92 Å². The van der Waals surface area contributed by atoms with Crippen LogP contribution in [0.3, 0.4) is 0 Å². The molecule has 0 saturated heterocycles. The van der Waals surface area contributed by atoms with Crippen LogP contribution in [0.5, 0.6) is 0 Å². The molecule has 0 aliphatic carbocycles. The number of hydrogen-bond donors (Lipinski definition) is 2. The second kappa shape index (κ2) is 6.31.